The van der Waals surface area contributed by atoms with Crippen molar-refractivity contribution in [3.8, 4) is 6.07 Å². The fourth-order valence-electron chi connectivity index (χ4n) is 4.22. The maximum absolute atomic E-state index is 13.4. The molecule has 0 bridgehead atoms. The molecule has 1 aromatic heterocycles. The van der Waals surface area contributed by atoms with E-state index in [0.717, 1.165) is 29.9 Å². The van der Waals surface area contributed by atoms with Gasteiger partial charge in [0, 0.05) is 6.54 Å². The highest BCUT2D eigenvalue weighted by Crippen LogP contribution is 2.33. The molecule has 1 amide bonds. The topological polar surface area (TPSA) is 100 Å². The third-order valence-corrected chi connectivity index (χ3v) is 8.14. The van der Waals surface area contributed by atoms with E-state index in [1.807, 2.05) is 30.3 Å². The molecule has 30 heavy (non-hydrogen) atoms. The summed E-state index contributed by atoms with van der Waals surface area (Å²) in [7, 11) is -0.274. The van der Waals surface area contributed by atoms with Crippen LogP contribution in [0.2, 0.25) is 0 Å². The van der Waals surface area contributed by atoms with E-state index in [0.29, 0.717) is 23.0 Å². The SMILES string of the molecule is Cc1noc(CN2C[C@H](C(=O)C(C#N)=S3CCCC3)[C@@H](Cc3ccccc3)C2=O)n1. The van der Waals surface area contributed by atoms with E-state index in [1.54, 1.807) is 11.8 Å². The largest absolute Gasteiger partial charge is 0.337 e. The van der Waals surface area contributed by atoms with Crippen molar-refractivity contribution in [2.75, 3.05) is 18.1 Å². The molecular formula is C22H24N4O3S. The third kappa shape index (κ3) is 4.21. The van der Waals surface area contributed by atoms with Crippen LogP contribution < -0.4 is 0 Å². The summed E-state index contributed by atoms with van der Waals surface area (Å²) in [6.45, 7) is 2.18. The molecule has 0 N–H and O–H groups in total. The number of carbonyl (C=O) groups is 2. The van der Waals surface area contributed by atoms with Gasteiger partial charge in [-0.1, -0.05) is 35.5 Å². The lowest BCUT2D eigenvalue weighted by Gasteiger charge is -2.16. The van der Waals surface area contributed by atoms with Gasteiger partial charge in [-0.05, 0) is 43.3 Å². The number of ketones is 1. The van der Waals surface area contributed by atoms with Crippen molar-refractivity contribution in [2.45, 2.75) is 32.7 Å². The zero-order chi connectivity index (χ0) is 21.1. The summed E-state index contributed by atoms with van der Waals surface area (Å²) >= 11 is 0. The number of rotatable bonds is 6. The minimum Gasteiger partial charge on any atom is -0.337 e. The van der Waals surface area contributed by atoms with Crippen LogP contribution in [0.5, 0.6) is 0 Å². The molecule has 2 atom stereocenters. The second kappa shape index (κ2) is 8.92. The number of nitrogens with zero attached hydrogens (tertiary/aromatic N) is 4. The molecule has 0 saturated carbocycles. The van der Waals surface area contributed by atoms with Crippen molar-refractivity contribution in [3.05, 3.63) is 47.6 Å². The molecule has 1 aromatic carbocycles. The first kappa shape index (κ1) is 20.5. The first-order valence-corrected chi connectivity index (χ1v) is 11.7. The fraction of sp³-hybridized carbons (Fsp3) is 0.455. The molecule has 2 aliphatic rings. The van der Waals surface area contributed by atoms with Crippen LogP contribution in [0.4, 0.5) is 0 Å². The first-order chi connectivity index (χ1) is 14.6. The Bertz CT molecular complexity index is 1020. The van der Waals surface area contributed by atoms with E-state index in [4.69, 9.17) is 4.52 Å². The van der Waals surface area contributed by atoms with Crippen molar-refractivity contribution in [2.24, 2.45) is 11.8 Å². The predicted molar refractivity (Wildman–Crippen MR) is 114 cm³/mol. The minimum atomic E-state index is -0.524. The van der Waals surface area contributed by atoms with Crippen LogP contribution in [0.3, 0.4) is 0 Å². The summed E-state index contributed by atoms with van der Waals surface area (Å²) in [5, 5.41) is 13.5. The molecule has 2 aromatic rings. The second-order valence-corrected chi connectivity index (χ2v) is 9.98. The number of carbonyl (C=O) groups excluding carboxylic acids is 2. The van der Waals surface area contributed by atoms with Crippen LogP contribution >= 0.6 is 10.5 Å². The Kier molecular flexibility index (Phi) is 6.09. The molecule has 7 nitrogen and oxygen atoms in total. The number of nitriles is 1. The molecule has 0 radical (unpaired) electrons. The highest BCUT2D eigenvalue weighted by atomic mass is 32.2. The number of aryl methyl sites for hydroxylation is 1. The molecule has 4 rings (SSSR count). The van der Waals surface area contributed by atoms with E-state index in [-0.39, 0.29) is 35.3 Å². The third-order valence-electron chi connectivity index (χ3n) is 5.71. The first-order valence-electron chi connectivity index (χ1n) is 10.2. The predicted octanol–water partition coefficient (Wildman–Crippen LogP) is 2.52. The highest BCUT2D eigenvalue weighted by Gasteiger charge is 2.45. The Morgan fingerprint density at radius 2 is 2.03 bits per heavy atom. The number of amides is 1. The minimum absolute atomic E-state index is 0.0971. The van der Waals surface area contributed by atoms with Gasteiger partial charge in [0.2, 0.25) is 11.8 Å². The summed E-state index contributed by atoms with van der Waals surface area (Å²) in [5.41, 5.74) is 1.01. The monoisotopic (exact) mass is 424 g/mol. The highest BCUT2D eigenvalue weighted by molar-refractivity contribution is 8.17. The van der Waals surface area contributed by atoms with Crippen molar-refractivity contribution in [3.63, 3.8) is 0 Å². The fourth-order valence-corrected chi connectivity index (χ4v) is 6.51. The van der Waals surface area contributed by atoms with Crippen LogP contribution in [-0.4, -0.2) is 49.6 Å². The smallest absolute Gasteiger partial charge is 0.246 e. The van der Waals surface area contributed by atoms with Gasteiger partial charge in [-0.3, -0.25) is 9.59 Å². The van der Waals surface area contributed by atoms with Crippen molar-refractivity contribution < 1.29 is 14.1 Å². The standard InChI is InChI=1S/C22H24N4O3S/c1-15-24-20(29-25-15)14-26-13-18(21(27)19(12-23)30-9-5-6-10-30)17(22(26)28)11-16-7-3-2-4-8-16/h2-4,7-8,17-18H,5-6,9-11,13-14H2,1H3/t17-,18+/m1/s1. The molecule has 8 heteroatoms. The number of benzene rings is 1. The van der Waals surface area contributed by atoms with E-state index in [9.17, 15) is 14.9 Å². The zero-order valence-corrected chi connectivity index (χ0v) is 17.7. The normalized spacial score (nSPS) is 21.7. The van der Waals surface area contributed by atoms with E-state index < -0.39 is 11.8 Å². The summed E-state index contributed by atoms with van der Waals surface area (Å²) in [4.78, 5) is 32.9. The summed E-state index contributed by atoms with van der Waals surface area (Å²) in [5.74, 6) is 1.42. The Morgan fingerprint density at radius 3 is 2.67 bits per heavy atom. The molecule has 2 aliphatic heterocycles. The quantitative estimate of drug-likeness (QED) is 0.661. The van der Waals surface area contributed by atoms with Crippen molar-refractivity contribution in [1.82, 2.24) is 15.0 Å². The Morgan fingerprint density at radius 1 is 1.30 bits per heavy atom. The van der Waals surface area contributed by atoms with Gasteiger partial charge in [-0.25, -0.2) is 0 Å². The number of hydrogen-bond acceptors (Lipinski definition) is 6. The van der Waals surface area contributed by atoms with Gasteiger partial charge in [0.05, 0.1) is 11.8 Å². The molecule has 156 valence electrons. The van der Waals surface area contributed by atoms with Gasteiger partial charge in [0.1, 0.15) is 17.5 Å². The van der Waals surface area contributed by atoms with E-state index >= 15 is 0 Å². The molecule has 2 saturated heterocycles. The van der Waals surface area contributed by atoms with E-state index in [2.05, 4.69) is 16.2 Å². The number of aromatic nitrogens is 2. The molecule has 0 aliphatic carbocycles. The van der Waals surface area contributed by atoms with Crippen LogP contribution in [0.15, 0.2) is 34.9 Å². The lowest BCUT2D eigenvalue weighted by Crippen LogP contribution is -2.31. The van der Waals surface area contributed by atoms with Crippen molar-refractivity contribution >= 4 is 27.0 Å². The Hall–Kier alpha value is -2.79. The van der Waals surface area contributed by atoms with Crippen LogP contribution in [0.1, 0.15) is 30.1 Å². The molecule has 2 fully saturated rings. The molecule has 3 heterocycles. The van der Waals surface area contributed by atoms with Gasteiger partial charge in [-0.2, -0.15) is 20.7 Å². The molecular weight excluding hydrogens is 400 g/mol. The van der Waals surface area contributed by atoms with E-state index in [1.165, 1.54) is 0 Å². The Labute approximate surface area is 178 Å². The number of Topliss-reactive ketones (excluding diaryl/α,β-unsaturated/α-hetero) is 1. The molecule has 0 unspecified atom stereocenters. The van der Waals surface area contributed by atoms with Crippen LogP contribution in [0, 0.1) is 30.1 Å². The average Bonchev–Trinajstić information content (AvgIpc) is 3.48. The van der Waals surface area contributed by atoms with Gasteiger partial charge in [-0.15, -0.1) is 0 Å². The van der Waals surface area contributed by atoms with Gasteiger partial charge < -0.3 is 9.42 Å². The molecule has 0 spiro atoms. The summed E-state index contributed by atoms with van der Waals surface area (Å²) in [6, 6.07) is 11.9. The second-order valence-electron chi connectivity index (χ2n) is 7.77. The summed E-state index contributed by atoms with van der Waals surface area (Å²) in [6.07, 6.45) is 2.59. The maximum Gasteiger partial charge on any atom is 0.246 e. The average molecular weight is 425 g/mol. The summed E-state index contributed by atoms with van der Waals surface area (Å²) < 4.78 is 5.18. The number of hydrogen-bond donors (Lipinski definition) is 0. The zero-order valence-electron chi connectivity index (χ0n) is 16.9. The lowest BCUT2D eigenvalue weighted by atomic mass is 9.85. The lowest BCUT2D eigenvalue weighted by molar-refractivity contribution is -0.132. The van der Waals surface area contributed by atoms with Gasteiger partial charge in [0.25, 0.3) is 0 Å². The van der Waals surface area contributed by atoms with Gasteiger partial charge >= 0.3 is 0 Å². The maximum atomic E-state index is 13.4. The van der Waals surface area contributed by atoms with Crippen molar-refractivity contribution in [1.29, 1.82) is 5.26 Å². The number of likely N-dealkylation sites (tertiary alicyclic amines) is 1. The van der Waals surface area contributed by atoms with Gasteiger partial charge in [0.15, 0.2) is 11.6 Å². The van der Waals surface area contributed by atoms with Crippen LogP contribution in [-0.2, 0) is 22.6 Å². The van der Waals surface area contributed by atoms with Crippen LogP contribution in [0.25, 0.3) is 0 Å². The Balaban J connectivity index is 1.62.